The van der Waals surface area contributed by atoms with Crippen LogP contribution >= 0.6 is 22.9 Å². The van der Waals surface area contributed by atoms with Crippen molar-refractivity contribution in [2.45, 2.75) is 49.3 Å². The molecule has 0 aromatic carbocycles. The van der Waals surface area contributed by atoms with Gasteiger partial charge >= 0.3 is 5.97 Å². The Kier molecular flexibility index (Phi) is 7.03. The van der Waals surface area contributed by atoms with Gasteiger partial charge in [-0.05, 0) is 55.6 Å². The van der Waals surface area contributed by atoms with Crippen molar-refractivity contribution in [3.05, 3.63) is 38.7 Å². The van der Waals surface area contributed by atoms with Crippen LogP contribution in [-0.4, -0.2) is 55.0 Å². The number of hydrogen-bond acceptors (Lipinski definition) is 9. The van der Waals surface area contributed by atoms with E-state index in [9.17, 15) is 18.0 Å². The minimum absolute atomic E-state index is 0.0448. The van der Waals surface area contributed by atoms with Crippen molar-refractivity contribution >= 4 is 44.8 Å². The third kappa shape index (κ3) is 4.77. The Morgan fingerprint density at radius 1 is 1.28 bits per heavy atom. The van der Waals surface area contributed by atoms with E-state index in [2.05, 4.69) is 20.4 Å². The summed E-state index contributed by atoms with van der Waals surface area (Å²) in [7, 11) is -2.67. The Labute approximate surface area is 194 Å². The summed E-state index contributed by atoms with van der Waals surface area (Å²) >= 11 is 2.12. The van der Waals surface area contributed by atoms with Crippen LogP contribution < -0.4 is 4.72 Å². The zero-order chi connectivity index (χ0) is 22.7. The molecule has 0 atom stereocenters. The first kappa shape index (κ1) is 23.0. The number of amides is 1. The number of methoxy groups -OCH3 is 1. The van der Waals surface area contributed by atoms with Crippen LogP contribution in [-0.2, 0) is 27.7 Å². The summed E-state index contributed by atoms with van der Waals surface area (Å²) in [5, 5.41) is 5.40. The maximum absolute atomic E-state index is 13.1. The van der Waals surface area contributed by atoms with Gasteiger partial charge in [-0.15, -0.1) is 16.4 Å². The van der Waals surface area contributed by atoms with Crippen molar-refractivity contribution in [3.8, 4) is 0 Å². The van der Waals surface area contributed by atoms with E-state index in [1.165, 1.54) is 19.1 Å². The summed E-state index contributed by atoms with van der Waals surface area (Å²) < 4.78 is 37.4. The predicted molar refractivity (Wildman–Crippen MR) is 120 cm³/mol. The molecular weight excluding hydrogens is 472 g/mol. The van der Waals surface area contributed by atoms with E-state index >= 15 is 0 Å². The number of aromatic nitrogens is 2. The van der Waals surface area contributed by atoms with E-state index in [4.69, 9.17) is 4.74 Å². The van der Waals surface area contributed by atoms with Crippen LogP contribution in [0.25, 0.3) is 0 Å². The number of carbonyl (C=O) groups excluding carboxylic acids is 2. The molecule has 0 radical (unpaired) electrons. The molecule has 1 N–H and O–H groups in total. The molecule has 0 saturated carbocycles. The molecule has 1 amide bonds. The number of sulfonamides is 1. The van der Waals surface area contributed by atoms with Gasteiger partial charge in [0.1, 0.15) is 4.21 Å². The Bertz CT molecular complexity index is 1140. The molecule has 0 unspecified atom stereocenters. The number of ether oxygens (including phenoxy) is 1. The lowest BCUT2D eigenvalue weighted by Gasteiger charge is -2.26. The molecule has 2 aliphatic rings. The molecule has 9 nitrogen and oxygen atoms in total. The lowest BCUT2D eigenvalue weighted by molar-refractivity contribution is 0.0595. The van der Waals surface area contributed by atoms with Gasteiger partial charge in [0.05, 0.1) is 19.2 Å². The van der Waals surface area contributed by atoms with Crippen LogP contribution in [0.4, 0.5) is 0 Å². The van der Waals surface area contributed by atoms with E-state index in [1.807, 2.05) is 0 Å². The van der Waals surface area contributed by atoms with E-state index in [0.29, 0.717) is 29.8 Å². The van der Waals surface area contributed by atoms with Gasteiger partial charge < -0.3 is 9.64 Å². The van der Waals surface area contributed by atoms with Crippen molar-refractivity contribution in [2.24, 2.45) is 0 Å². The van der Waals surface area contributed by atoms with Crippen molar-refractivity contribution < 1.29 is 22.7 Å². The standard InChI is InChI=1S/C20H24N4O5S3/c1-29-19(26)17-14-8-10-24(18(25)15-12-30-23-22-15)11-16(14)31-20(17)32(27,28)21-9-7-13-5-3-2-4-6-13/h5,12,21H,2-4,6-11H2,1H3. The van der Waals surface area contributed by atoms with Gasteiger partial charge in [-0.1, -0.05) is 16.1 Å². The third-order valence-corrected chi connectivity index (χ3v) is 9.35. The molecule has 12 heteroatoms. The van der Waals surface area contributed by atoms with Crippen LogP contribution in [0.5, 0.6) is 0 Å². The first-order valence-electron chi connectivity index (χ1n) is 10.4. The third-order valence-electron chi connectivity index (χ3n) is 5.65. The Hall–Kier alpha value is -2.15. The number of hydrogen-bond donors (Lipinski definition) is 1. The second kappa shape index (κ2) is 9.77. The highest BCUT2D eigenvalue weighted by atomic mass is 32.2. The zero-order valence-corrected chi connectivity index (χ0v) is 20.1. The molecule has 0 saturated heterocycles. The summed E-state index contributed by atoms with van der Waals surface area (Å²) in [6.07, 6.45) is 7.56. The van der Waals surface area contributed by atoms with E-state index < -0.39 is 16.0 Å². The largest absolute Gasteiger partial charge is 0.465 e. The Morgan fingerprint density at radius 3 is 2.81 bits per heavy atom. The van der Waals surface area contributed by atoms with E-state index in [-0.39, 0.29) is 34.5 Å². The second-order valence-electron chi connectivity index (χ2n) is 7.68. The molecular formula is C20H24N4O5S3. The summed E-state index contributed by atoms with van der Waals surface area (Å²) in [6, 6.07) is 0. The molecule has 0 spiro atoms. The number of esters is 1. The second-order valence-corrected chi connectivity index (χ2v) is 11.4. The van der Waals surface area contributed by atoms with Crippen LogP contribution in [0.15, 0.2) is 21.2 Å². The normalized spacial score (nSPS) is 16.4. The van der Waals surface area contributed by atoms with Gasteiger partial charge in [0.15, 0.2) is 5.69 Å². The topological polar surface area (TPSA) is 119 Å². The highest BCUT2D eigenvalue weighted by molar-refractivity contribution is 7.91. The fourth-order valence-electron chi connectivity index (χ4n) is 4.01. The minimum Gasteiger partial charge on any atom is -0.465 e. The molecule has 3 heterocycles. The number of thiophene rings is 1. The fraction of sp³-hybridized carbons (Fsp3) is 0.500. The summed E-state index contributed by atoms with van der Waals surface area (Å²) in [5.41, 5.74) is 2.25. The first-order valence-corrected chi connectivity index (χ1v) is 13.5. The number of rotatable bonds is 7. The van der Waals surface area contributed by atoms with Gasteiger partial charge in [-0.25, -0.2) is 17.9 Å². The number of allylic oxidation sites excluding steroid dienone is 1. The monoisotopic (exact) mass is 496 g/mol. The molecule has 172 valence electrons. The van der Waals surface area contributed by atoms with E-state index in [1.54, 1.807) is 10.3 Å². The molecule has 4 rings (SSSR count). The Balaban J connectivity index is 1.56. The number of nitrogens with zero attached hydrogens (tertiary/aromatic N) is 3. The molecule has 2 aromatic rings. The molecule has 32 heavy (non-hydrogen) atoms. The van der Waals surface area contributed by atoms with Gasteiger partial charge in [-0.3, -0.25) is 4.79 Å². The molecule has 0 fully saturated rings. The van der Waals surface area contributed by atoms with Crippen LogP contribution in [0.3, 0.4) is 0 Å². The first-order chi connectivity index (χ1) is 15.4. The van der Waals surface area contributed by atoms with Crippen LogP contribution in [0.1, 0.15) is 63.4 Å². The van der Waals surface area contributed by atoms with Crippen molar-refractivity contribution in [1.82, 2.24) is 19.2 Å². The SMILES string of the molecule is COC(=O)c1c(S(=O)(=O)NCCC2=CCCCC2)sc2c1CCN(C(=O)c1csnn1)C2. The van der Waals surface area contributed by atoms with Gasteiger partial charge in [-0.2, -0.15) is 0 Å². The fourth-order valence-corrected chi connectivity index (χ4v) is 7.42. The number of nitrogens with one attached hydrogen (secondary N) is 1. The lowest BCUT2D eigenvalue weighted by atomic mass is 9.97. The lowest BCUT2D eigenvalue weighted by Crippen LogP contribution is -2.36. The van der Waals surface area contributed by atoms with Crippen molar-refractivity contribution in [1.29, 1.82) is 0 Å². The summed E-state index contributed by atoms with van der Waals surface area (Å²) in [6.45, 7) is 0.840. The molecule has 1 aliphatic carbocycles. The maximum atomic E-state index is 13.1. The van der Waals surface area contributed by atoms with Gasteiger partial charge in [0.2, 0.25) is 0 Å². The van der Waals surface area contributed by atoms with E-state index in [0.717, 1.165) is 42.1 Å². The highest BCUT2D eigenvalue weighted by Crippen LogP contribution is 2.37. The Morgan fingerprint density at radius 2 is 2.12 bits per heavy atom. The number of carbonyl (C=O) groups is 2. The van der Waals surface area contributed by atoms with Gasteiger partial charge in [0.25, 0.3) is 15.9 Å². The minimum atomic E-state index is -3.91. The summed E-state index contributed by atoms with van der Waals surface area (Å²) in [4.78, 5) is 27.4. The van der Waals surface area contributed by atoms with Crippen LogP contribution in [0.2, 0.25) is 0 Å². The highest BCUT2D eigenvalue weighted by Gasteiger charge is 2.35. The maximum Gasteiger partial charge on any atom is 0.340 e. The zero-order valence-electron chi connectivity index (χ0n) is 17.6. The molecule has 0 bridgehead atoms. The van der Waals surface area contributed by atoms with Crippen molar-refractivity contribution in [3.63, 3.8) is 0 Å². The summed E-state index contributed by atoms with van der Waals surface area (Å²) in [5.74, 6) is -0.943. The average Bonchev–Trinajstić information content (AvgIpc) is 3.47. The van der Waals surface area contributed by atoms with Crippen LogP contribution in [0, 0.1) is 0 Å². The smallest absolute Gasteiger partial charge is 0.340 e. The molecule has 2 aromatic heterocycles. The predicted octanol–water partition coefficient (Wildman–Crippen LogP) is 2.75. The van der Waals surface area contributed by atoms with Crippen molar-refractivity contribution in [2.75, 3.05) is 20.2 Å². The quantitative estimate of drug-likeness (QED) is 0.462. The average molecular weight is 497 g/mol. The molecule has 1 aliphatic heterocycles. The van der Waals surface area contributed by atoms with Gasteiger partial charge in [0, 0.05) is 23.3 Å². The number of fused-ring (bicyclic) bond motifs is 1.